The van der Waals surface area contributed by atoms with Crippen molar-refractivity contribution in [2.45, 2.75) is 25.7 Å². The molecule has 0 radical (unpaired) electrons. The molecule has 0 bridgehead atoms. The molecule has 3 rings (SSSR count). The highest BCUT2D eigenvalue weighted by Gasteiger charge is 2.14. The molecule has 1 heterocycles. The maximum Gasteiger partial charge on any atom is 0.257 e. The number of rotatable bonds is 5. The van der Waals surface area contributed by atoms with E-state index in [0.29, 0.717) is 5.13 Å². The number of nitrogens with zero attached hydrogens (tertiary/aromatic N) is 1. The first kappa shape index (κ1) is 17.6. The summed E-state index contributed by atoms with van der Waals surface area (Å²) in [5, 5.41) is 2.39. The number of hydrazine groups is 1. The van der Waals surface area contributed by atoms with E-state index >= 15 is 0 Å². The lowest BCUT2D eigenvalue weighted by Gasteiger charge is -2.07. The molecule has 0 saturated heterocycles. The fourth-order valence-electron chi connectivity index (χ4n) is 2.44. The number of anilines is 1. The van der Waals surface area contributed by atoms with Crippen molar-refractivity contribution in [1.82, 2.24) is 9.82 Å². The summed E-state index contributed by atoms with van der Waals surface area (Å²) in [5.41, 5.74) is 7.88. The fourth-order valence-corrected chi connectivity index (χ4v) is 4.01. The predicted molar refractivity (Wildman–Crippen MR) is 102 cm³/mol. The Morgan fingerprint density at radius 2 is 1.64 bits per heavy atom. The molecule has 0 saturated carbocycles. The molecule has 5 nitrogen and oxygen atoms in total. The van der Waals surface area contributed by atoms with Crippen LogP contribution in [0.4, 0.5) is 5.13 Å². The number of aryl methyl sites for hydroxylation is 3. The molecule has 2 N–H and O–H groups in total. The van der Waals surface area contributed by atoms with Crippen molar-refractivity contribution in [2.24, 2.45) is 0 Å². The molecule has 0 fully saturated rings. The van der Waals surface area contributed by atoms with Gasteiger partial charge >= 0.3 is 0 Å². The van der Waals surface area contributed by atoms with Gasteiger partial charge in [-0.1, -0.05) is 41.5 Å². The van der Waals surface area contributed by atoms with Crippen LogP contribution >= 0.6 is 11.3 Å². The average Bonchev–Trinajstić information content (AvgIpc) is 3.02. The number of thiazole rings is 1. The second-order valence-electron chi connectivity index (χ2n) is 5.90. The van der Waals surface area contributed by atoms with E-state index in [4.69, 9.17) is 0 Å². The zero-order valence-electron chi connectivity index (χ0n) is 14.2. The van der Waals surface area contributed by atoms with Gasteiger partial charge in [0, 0.05) is 10.9 Å². The van der Waals surface area contributed by atoms with Crippen LogP contribution < -0.4 is 10.3 Å². The molecule has 0 aliphatic heterocycles. The Bertz CT molecular complexity index is 993. The third kappa shape index (κ3) is 4.07. The van der Waals surface area contributed by atoms with Gasteiger partial charge in [0.25, 0.3) is 10.0 Å². The number of benzene rings is 2. The first-order valence-electron chi connectivity index (χ1n) is 7.73. The quantitative estimate of drug-likeness (QED) is 0.662. The molecule has 2 aromatic carbocycles. The van der Waals surface area contributed by atoms with Gasteiger partial charge in [-0.3, -0.25) is 5.43 Å². The number of hydrogen-bond donors (Lipinski definition) is 2. The van der Waals surface area contributed by atoms with Crippen LogP contribution in [0.3, 0.4) is 0 Å². The first-order valence-corrected chi connectivity index (χ1v) is 10.1. The van der Waals surface area contributed by atoms with Gasteiger partial charge in [0.2, 0.25) is 0 Å². The van der Waals surface area contributed by atoms with Crippen LogP contribution in [0.25, 0.3) is 11.3 Å². The summed E-state index contributed by atoms with van der Waals surface area (Å²) in [6.45, 7) is 5.99. The fraction of sp³-hybridized carbons (Fsp3) is 0.167. The molecule has 25 heavy (non-hydrogen) atoms. The van der Waals surface area contributed by atoms with Gasteiger partial charge in [-0.05, 0) is 38.5 Å². The summed E-state index contributed by atoms with van der Waals surface area (Å²) < 4.78 is 24.6. The lowest BCUT2D eigenvalue weighted by molar-refractivity contribution is 0.587. The molecule has 0 aliphatic carbocycles. The van der Waals surface area contributed by atoms with Crippen LogP contribution in [-0.4, -0.2) is 13.4 Å². The van der Waals surface area contributed by atoms with Crippen LogP contribution in [0.1, 0.15) is 16.7 Å². The van der Waals surface area contributed by atoms with Crippen LogP contribution in [0, 0.1) is 20.8 Å². The van der Waals surface area contributed by atoms with E-state index in [-0.39, 0.29) is 4.90 Å². The predicted octanol–water partition coefficient (Wildman–Crippen LogP) is 4.04. The Morgan fingerprint density at radius 3 is 2.32 bits per heavy atom. The third-order valence-corrected chi connectivity index (χ3v) is 5.81. The van der Waals surface area contributed by atoms with E-state index in [1.807, 2.05) is 38.3 Å². The van der Waals surface area contributed by atoms with Crippen LogP contribution in [0.5, 0.6) is 0 Å². The van der Waals surface area contributed by atoms with Gasteiger partial charge in [0.05, 0.1) is 10.6 Å². The van der Waals surface area contributed by atoms with Crippen LogP contribution in [0.2, 0.25) is 0 Å². The molecule has 7 heteroatoms. The third-order valence-electron chi connectivity index (χ3n) is 3.79. The second kappa shape index (κ2) is 6.95. The lowest BCUT2D eigenvalue weighted by atomic mass is 10.0. The maximum absolute atomic E-state index is 12.3. The molecule has 0 aliphatic rings. The zero-order chi connectivity index (χ0) is 18.0. The van der Waals surface area contributed by atoms with Crippen molar-refractivity contribution in [2.75, 3.05) is 5.43 Å². The Kier molecular flexibility index (Phi) is 4.89. The van der Waals surface area contributed by atoms with Crippen molar-refractivity contribution in [1.29, 1.82) is 0 Å². The lowest BCUT2D eigenvalue weighted by Crippen LogP contribution is -2.29. The van der Waals surface area contributed by atoms with Crippen LogP contribution in [0.15, 0.2) is 52.7 Å². The van der Waals surface area contributed by atoms with E-state index in [9.17, 15) is 8.42 Å². The average molecular weight is 374 g/mol. The minimum absolute atomic E-state index is 0.205. The summed E-state index contributed by atoms with van der Waals surface area (Å²) in [7, 11) is -3.64. The van der Waals surface area contributed by atoms with E-state index in [1.54, 1.807) is 24.3 Å². The molecule has 1 aromatic heterocycles. The van der Waals surface area contributed by atoms with Crippen LogP contribution in [-0.2, 0) is 10.0 Å². The summed E-state index contributed by atoms with van der Waals surface area (Å²) in [5.74, 6) is 0. The molecular weight excluding hydrogens is 354 g/mol. The van der Waals surface area contributed by atoms with Gasteiger partial charge in [-0.2, -0.15) is 0 Å². The minimum atomic E-state index is -3.64. The Labute approximate surface area is 151 Å². The maximum atomic E-state index is 12.3. The summed E-state index contributed by atoms with van der Waals surface area (Å²) in [4.78, 5) is 7.04. The SMILES string of the molecule is Cc1ccc(S(=O)(=O)NNc2nc(-c3ccc(C)cc3C)cs2)cc1. The Morgan fingerprint density at radius 1 is 0.960 bits per heavy atom. The molecule has 0 atom stereocenters. The number of aromatic nitrogens is 1. The topological polar surface area (TPSA) is 71.1 Å². The van der Waals surface area contributed by atoms with E-state index in [1.165, 1.54) is 16.9 Å². The molecule has 3 aromatic rings. The second-order valence-corrected chi connectivity index (χ2v) is 8.44. The minimum Gasteiger partial charge on any atom is -0.283 e. The summed E-state index contributed by atoms with van der Waals surface area (Å²) in [6.07, 6.45) is 0. The highest BCUT2D eigenvalue weighted by Crippen LogP contribution is 2.27. The van der Waals surface area contributed by atoms with Crippen molar-refractivity contribution >= 4 is 26.5 Å². The van der Waals surface area contributed by atoms with Gasteiger partial charge in [-0.25, -0.2) is 13.4 Å². The molecule has 0 unspecified atom stereocenters. The number of sulfonamides is 1. The summed E-state index contributed by atoms with van der Waals surface area (Å²) in [6, 6.07) is 12.8. The number of nitrogens with one attached hydrogen (secondary N) is 2. The van der Waals surface area contributed by atoms with Crippen molar-refractivity contribution in [3.8, 4) is 11.3 Å². The molecule has 0 amide bonds. The Balaban J connectivity index is 1.74. The van der Waals surface area contributed by atoms with Crippen molar-refractivity contribution in [3.63, 3.8) is 0 Å². The van der Waals surface area contributed by atoms with Crippen molar-refractivity contribution in [3.05, 3.63) is 64.5 Å². The summed E-state index contributed by atoms with van der Waals surface area (Å²) >= 11 is 1.35. The molecule has 0 spiro atoms. The van der Waals surface area contributed by atoms with E-state index in [0.717, 1.165) is 22.4 Å². The molecule has 130 valence electrons. The van der Waals surface area contributed by atoms with Crippen molar-refractivity contribution < 1.29 is 8.42 Å². The van der Waals surface area contributed by atoms with E-state index < -0.39 is 10.0 Å². The standard InChI is InChI=1S/C18H19N3O2S2/c1-12-4-7-15(8-5-12)25(22,23)21-20-18-19-17(11-24-18)16-9-6-13(2)10-14(16)3/h4-11,21H,1-3H3,(H,19,20). The normalized spacial score (nSPS) is 11.5. The Hall–Kier alpha value is -2.22. The van der Waals surface area contributed by atoms with E-state index in [2.05, 4.69) is 21.3 Å². The van der Waals surface area contributed by atoms with Gasteiger partial charge < -0.3 is 0 Å². The van der Waals surface area contributed by atoms with Gasteiger partial charge in [0.15, 0.2) is 5.13 Å². The highest BCUT2D eigenvalue weighted by molar-refractivity contribution is 7.89. The molecular formula is C18H19N3O2S2. The highest BCUT2D eigenvalue weighted by atomic mass is 32.2. The monoisotopic (exact) mass is 373 g/mol. The zero-order valence-corrected chi connectivity index (χ0v) is 15.8. The van der Waals surface area contributed by atoms with Gasteiger partial charge in [0.1, 0.15) is 0 Å². The largest absolute Gasteiger partial charge is 0.283 e. The smallest absolute Gasteiger partial charge is 0.257 e. The number of hydrogen-bond acceptors (Lipinski definition) is 5. The van der Waals surface area contributed by atoms with Gasteiger partial charge in [-0.15, -0.1) is 16.2 Å². The first-order chi connectivity index (χ1) is 11.8.